The second-order valence-corrected chi connectivity index (χ2v) is 4.40. The Kier molecular flexibility index (Phi) is 3.31. The van der Waals surface area contributed by atoms with Crippen molar-refractivity contribution in [3.63, 3.8) is 0 Å². The summed E-state index contributed by atoms with van der Waals surface area (Å²) in [5.74, 6) is 0.279. The summed E-state index contributed by atoms with van der Waals surface area (Å²) in [6, 6.07) is 5.27. The summed E-state index contributed by atoms with van der Waals surface area (Å²) in [6.45, 7) is 5.85. The highest BCUT2D eigenvalue weighted by atomic mass is 16.3. The van der Waals surface area contributed by atoms with Crippen molar-refractivity contribution in [2.45, 2.75) is 19.5 Å². The van der Waals surface area contributed by atoms with Gasteiger partial charge in [-0.3, -0.25) is 4.90 Å². The molecule has 1 fully saturated rings. The Morgan fingerprint density at radius 2 is 2.25 bits per heavy atom. The first-order chi connectivity index (χ1) is 7.65. The van der Waals surface area contributed by atoms with Gasteiger partial charge in [0, 0.05) is 43.9 Å². The zero-order chi connectivity index (χ0) is 11.5. The van der Waals surface area contributed by atoms with Crippen molar-refractivity contribution < 1.29 is 10.2 Å². The van der Waals surface area contributed by atoms with Gasteiger partial charge in [-0.15, -0.1) is 0 Å². The fourth-order valence-corrected chi connectivity index (χ4v) is 2.08. The minimum absolute atomic E-state index is 0.106. The van der Waals surface area contributed by atoms with Crippen LogP contribution < -0.4 is 5.32 Å². The third-order valence-corrected chi connectivity index (χ3v) is 2.92. The molecule has 0 radical (unpaired) electrons. The molecule has 0 saturated carbocycles. The van der Waals surface area contributed by atoms with E-state index >= 15 is 0 Å². The van der Waals surface area contributed by atoms with Crippen LogP contribution in [-0.4, -0.2) is 40.8 Å². The number of piperazine rings is 1. The van der Waals surface area contributed by atoms with Crippen molar-refractivity contribution in [3.05, 3.63) is 23.8 Å². The molecule has 1 aliphatic rings. The maximum absolute atomic E-state index is 9.69. The van der Waals surface area contributed by atoms with Crippen LogP contribution in [0.2, 0.25) is 0 Å². The first-order valence-corrected chi connectivity index (χ1v) is 5.62. The van der Waals surface area contributed by atoms with Gasteiger partial charge in [-0.2, -0.15) is 0 Å². The maximum Gasteiger partial charge on any atom is 0.123 e. The van der Waals surface area contributed by atoms with Crippen LogP contribution in [0.4, 0.5) is 0 Å². The Balaban J connectivity index is 2.02. The first kappa shape index (κ1) is 11.2. The Bertz CT molecular complexity index is 368. The molecule has 16 heavy (non-hydrogen) atoms. The zero-order valence-corrected chi connectivity index (χ0v) is 9.48. The van der Waals surface area contributed by atoms with Crippen LogP contribution >= 0.6 is 0 Å². The highest BCUT2D eigenvalue weighted by Gasteiger charge is 2.16. The number of hydrogen-bond donors (Lipinski definition) is 3. The fourth-order valence-electron chi connectivity index (χ4n) is 2.08. The van der Waals surface area contributed by atoms with Gasteiger partial charge in [0.15, 0.2) is 0 Å². The average Bonchev–Trinajstić information content (AvgIpc) is 2.22. The monoisotopic (exact) mass is 222 g/mol. The smallest absolute Gasteiger partial charge is 0.123 e. The van der Waals surface area contributed by atoms with Crippen molar-refractivity contribution in [2.24, 2.45) is 0 Å². The highest BCUT2D eigenvalue weighted by molar-refractivity contribution is 5.38. The van der Waals surface area contributed by atoms with E-state index in [9.17, 15) is 10.2 Å². The molecule has 0 aliphatic carbocycles. The van der Waals surface area contributed by atoms with Crippen LogP contribution in [0.25, 0.3) is 0 Å². The van der Waals surface area contributed by atoms with Crippen molar-refractivity contribution in [2.75, 3.05) is 19.6 Å². The molecule has 2 rings (SSSR count). The summed E-state index contributed by atoms with van der Waals surface area (Å²) in [6.07, 6.45) is 0. The lowest BCUT2D eigenvalue weighted by molar-refractivity contribution is 0.198. The minimum atomic E-state index is 0.106. The van der Waals surface area contributed by atoms with Crippen molar-refractivity contribution >= 4 is 0 Å². The molecule has 1 aromatic carbocycles. The average molecular weight is 222 g/mol. The van der Waals surface area contributed by atoms with Gasteiger partial charge in [-0.05, 0) is 13.0 Å². The summed E-state index contributed by atoms with van der Waals surface area (Å²) in [7, 11) is 0. The molecule has 88 valence electrons. The van der Waals surface area contributed by atoms with Gasteiger partial charge >= 0.3 is 0 Å². The molecule has 1 aromatic rings. The molecule has 0 aromatic heterocycles. The predicted octanol–water partition coefficient (Wildman–Crippen LogP) is 0.891. The predicted molar refractivity (Wildman–Crippen MR) is 62.5 cm³/mol. The van der Waals surface area contributed by atoms with E-state index in [-0.39, 0.29) is 11.5 Å². The number of benzene rings is 1. The maximum atomic E-state index is 9.69. The second kappa shape index (κ2) is 4.72. The Morgan fingerprint density at radius 3 is 2.94 bits per heavy atom. The van der Waals surface area contributed by atoms with Gasteiger partial charge in [0.2, 0.25) is 0 Å². The molecule has 0 amide bonds. The molecule has 4 nitrogen and oxygen atoms in total. The van der Waals surface area contributed by atoms with Gasteiger partial charge < -0.3 is 15.5 Å². The lowest BCUT2D eigenvalue weighted by Crippen LogP contribution is -2.48. The van der Waals surface area contributed by atoms with Crippen LogP contribution in [0.1, 0.15) is 12.5 Å². The van der Waals surface area contributed by atoms with E-state index in [1.807, 2.05) is 0 Å². The second-order valence-electron chi connectivity index (χ2n) is 4.40. The van der Waals surface area contributed by atoms with Crippen molar-refractivity contribution in [3.8, 4) is 11.5 Å². The van der Waals surface area contributed by atoms with Crippen LogP contribution in [0, 0.1) is 0 Å². The molecule has 4 heteroatoms. The van der Waals surface area contributed by atoms with E-state index in [0.717, 1.165) is 31.7 Å². The van der Waals surface area contributed by atoms with Gasteiger partial charge in [-0.1, -0.05) is 6.07 Å². The molecule has 1 atom stereocenters. The number of nitrogens with one attached hydrogen (secondary N) is 1. The molecular weight excluding hydrogens is 204 g/mol. The molecule has 0 unspecified atom stereocenters. The number of phenolic OH excluding ortho intramolecular Hbond substituents is 2. The van der Waals surface area contributed by atoms with E-state index in [2.05, 4.69) is 17.1 Å². The minimum Gasteiger partial charge on any atom is -0.508 e. The normalized spacial score (nSPS) is 22.2. The van der Waals surface area contributed by atoms with Gasteiger partial charge in [0.1, 0.15) is 11.5 Å². The Hall–Kier alpha value is -1.26. The summed E-state index contributed by atoms with van der Waals surface area (Å²) in [5, 5.41) is 22.3. The summed E-state index contributed by atoms with van der Waals surface area (Å²) < 4.78 is 0. The number of phenols is 2. The zero-order valence-electron chi connectivity index (χ0n) is 9.48. The van der Waals surface area contributed by atoms with Crippen molar-refractivity contribution in [1.29, 1.82) is 0 Å². The standard InChI is InChI=1S/C12H18N2O2/c1-9-7-14(5-4-13-9)8-10-2-3-11(15)6-12(10)16/h2-3,6,9,13,15-16H,4-5,7-8H2,1H3/t9-/m0/s1. The van der Waals surface area contributed by atoms with E-state index < -0.39 is 0 Å². The van der Waals surface area contributed by atoms with E-state index in [1.165, 1.54) is 6.07 Å². The lowest BCUT2D eigenvalue weighted by Gasteiger charge is -2.31. The molecule has 1 heterocycles. The number of rotatable bonds is 2. The third-order valence-electron chi connectivity index (χ3n) is 2.92. The Morgan fingerprint density at radius 1 is 1.44 bits per heavy atom. The van der Waals surface area contributed by atoms with Crippen LogP contribution in [-0.2, 0) is 6.54 Å². The molecule has 0 bridgehead atoms. The largest absolute Gasteiger partial charge is 0.508 e. The first-order valence-electron chi connectivity index (χ1n) is 5.62. The van der Waals surface area contributed by atoms with Crippen LogP contribution in [0.15, 0.2) is 18.2 Å². The summed E-state index contributed by atoms with van der Waals surface area (Å²) >= 11 is 0. The Labute approximate surface area is 95.5 Å². The summed E-state index contributed by atoms with van der Waals surface area (Å²) in [5.41, 5.74) is 0.868. The topological polar surface area (TPSA) is 55.7 Å². The fraction of sp³-hybridized carbons (Fsp3) is 0.500. The molecule has 1 aliphatic heterocycles. The summed E-state index contributed by atoms with van der Waals surface area (Å²) in [4.78, 5) is 2.30. The van der Waals surface area contributed by atoms with E-state index in [0.29, 0.717) is 6.04 Å². The molecule has 0 spiro atoms. The van der Waals surface area contributed by atoms with E-state index in [1.54, 1.807) is 12.1 Å². The SMILES string of the molecule is C[C@H]1CN(Cc2ccc(O)cc2O)CCN1. The number of aromatic hydroxyl groups is 2. The lowest BCUT2D eigenvalue weighted by atomic mass is 10.1. The molecule has 3 N–H and O–H groups in total. The highest BCUT2D eigenvalue weighted by Crippen LogP contribution is 2.24. The molecule has 1 saturated heterocycles. The van der Waals surface area contributed by atoms with Gasteiger partial charge in [0.25, 0.3) is 0 Å². The third kappa shape index (κ3) is 2.65. The van der Waals surface area contributed by atoms with Gasteiger partial charge in [-0.25, -0.2) is 0 Å². The van der Waals surface area contributed by atoms with Crippen LogP contribution in [0.5, 0.6) is 11.5 Å². The van der Waals surface area contributed by atoms with Crippen LogP contribution in [0.3, 0.4) is 0 Å². The quantitative estimate of drug-likeness (QED) is 0.695. The molecular formula is C12H18N2O2. The van der Waals surface area contributed by atoms with Crippen molar-refractivity contribution in [1.82, 2.24) is 10.2 Å². The van der Waals surface area contributed by atoms with Gasteiger partial charge in [0.05, 0.1) is 0 Å². The number of hydrogen-bond acceptors (Lipinski definition) is 4. The van der Waals surface area contributed by atoms with E-state index in [4.69, 9.17) is 0 Å². The number of nitrogens with zero attached hydrogens (tertiary/aromatic N) is 1.